The number of amides is 1. The summed E-state index contributed by atoms with van der Waals surface area (Å²) >= 11 is 8.92. The second kappa shape index (κ2) is 7.49. The molecule has 0 bridgehead atoms. The van der Waals surface area contributed by atoms with Gasteiger partial charge in [0.25, 0.3) is 5.91 Å². The number of nitrogens with two attached hydrogens (primary N) is 1. The average Bonchev–Trinajstić information content (AvgIpc) is 3.17. The van der Waals surface area contributed by atoms with Crippen LogP contribution in [0.5, 0.6) is 0 Å². The Morgan fingerprint density at radius 3 is 2.78 bits per heavy atom. The number of halogens is 2. The van der Waals surface area contributed by atoms with Crippen molar-refractivity contribution in [1.82, 2.24) is 9.88 Å². The molecule has 2 aromatic heterocycles. The van der Waals surface area contributed by atoms with E-state index >= 15 is 0 Å². The minimum atomic E-state index is 0. The Balaban J connectivity index is 0.00000192. The van der Waals surface area contributed by atoms with Crippen LogP contribution in [0.15, 0.2) is 12.1 Å². The quantitative estimate of drug-likeness (QED) is 0.857. The molecule has 3 rings (SSSR count). The molecule has 1 aliphatic rings. The van der Waals surface area contributed by atoms with E-state index in [4.69, 9.17) is 17.3 Å². The third kappa shape index (κ3) is 3.72. The third-order valence-corrected chi connectivity index (χ3v) is 6.58. The standard InChI is InChI=1S/C15H18ClN3OS2.ClH/c1-8-5-10(6-17)7-19(8)15(20)13-9(2)18-14(22-13)11-3-4-12(16)21-11;/h3-4,8,10H,5-7,17H2,1-2H3;1H. The minimum Gasteiger partial charge on any atom is -0.335 e. The number of carbonyl (C=O) groups excluding carboxylic acids is 1. The van der Waals surface area contributed by atoms with Gasteiger partial charge in [-0.15, -0.1) is 35.1 Å². The number of rotatable bonds is 3. The van der Waals surface area contributed by atoms with Gasteiger partial charge in [0.15, 0.2) is 0 Å². The smallest absolute Gasteiger partial charge is 0.266 e. The van der Waals surface area contributed by atoms with Crippen LogP contribution < -0.4 is 5.73 Å². The van der Waals surface area contributed by atoms with Crippen LogP contribution in [0.2, 0.25) is 4.34 Å². The highest BCUT2D eigenvalue weighted by Crippen LogP contribution is 2.36. The van der Waals surface area contributed by atoms with E-state index < -0.39 is 0 Å². The first-order valence-corrected chi connectivity index (χ1v) is 9.25. The molecule has 1 saturated heterocycles. The van der Waals surface area contributed by atoms with E-state index in [1.54, 1.807) is 0 Å². The van der Waals surface area contributed by atoms with Crippen LogP contribution in [-0.4, -0.2) is 34.9 Å². The zero-order valence-corrected chi connectivity index (χ0v) is 16.1. The molecule has 1 amide bonds. The van der Waals surface area contributed by atoms with Gasteiger partial charge in [0.2, 0.25) is 0 Å². The van der Waals surface area contributed by atoms with Crippen molar-refractivity contribution in [3.05, 3.63) is 27.0 Å². The SMILES string of the molecule is Cc1nc(-c2ccc(Cl)s2)sc1C(=O)N1CC(CN)CC1C.Cl. The molecule has 0 spiro atoms. The molecular weight excluding hydrogens is 373 g/mol. The van der Waals surface area contributed by atoms with Gasteiger partial charge in [-0.25, -0.2) is 4.98 Å². The van der Waals surface area contributed by atoms with E-state index in [2.05, 4.69) is 11.9 Å². The van der Waals surface area contributed by atoms with Gasteiger partial charge >= 0.3 is 0 Å². The monoisotopic (exact) mass is 391 g/mol. The number of carbonyl (C=O) groups is 1. The van der Waals surface area contributed by atoms with Crippen LogP contribution in [-0.2, 0) is 0 Å². The van der Waals surface area contributed by atoms with Crippen molar-refractivity contribution in [2.24, 2.45) is 11.7 Å². The molecule has 8 heteroatoms. The van der Waals surface area contributed by atoms with E-state index in [0.29, 0.717) is 12.5 Å². The molecule has 1 fully saturated rings. The normalized spacial score (nSPS) is 20.6. The number of hydrogen-bond donors (Lipinski definition) is 1. The summed E-state index contributed by atoms with van der Waals surface area (Å²) in [4.78, 5) is 21.0. The fraction of sp³-hybridized carbons (Fsp3) is 0.467. The maximum absolute atomic E-state index is 12.8. The Labute approximate surface area is 155 Å². The number of hydrogen-bond acceptors (Lipinski definition) is 5. The Bertz CT molecular complexity index is 701. The number of aryl methyl sites for hydroxylation is 1. The van der Waals surface area contributed by atoms with E-state index in [0.717, 1.165) is 37.8 Å². The van der Waals surface area contributed by atoms with E-state index in [1.165, 1.54) is 22.7 Å². The van der Waals surface area contributed by atoms with E-state index in [1.807, 2.05) is 24.0 Å². The number of likely N-dealkylation sites (tertiary alicyclic amines) is 1. The summed E-state index contributed by atoms with van der Waals surface area (Å²) in [7, 11) is 0. The molecule has 2 N–H and O–H groups in total. The van der Waals surface area contributed by atoms with Gasteiger partial charge < -0.3 is 10.6 Å². The summed E-state index contributed by atoms with van der Waals surface area (Å²) in [5, 5.41) is 0.861. The summed E-state index contributed by atoms with van der Waals surface area (Å²) in [5.41, 5.74) is 6.54. The first-order valence-electron chi connectivity index (χ1n) is 7.23. The van der Waals surface area contributed by atoms with E-state index in [-0.39, 0.29) is 24.4 Å². The number of thiophene rings is 1. The molecule has 3 heterocycles. The molecule has 0 aromatic carbocycles. The highest BCUT2D eigenvalue weighted by atomic mass is 35.5. The third-order valence-electron chi connectivity index (χ3n) is 4.03. The van der Waals surface area contributed by atoms with Gasteiger partial charge in [-0.1, -0.05) is 11.6 Å². The summed E-state index contributed by atoms with van der Waals surface area (Å²) in [6.07, 6.45) is 0.980. The fourth-order valence-corrected chi connectivity index (χ4v) is 4.98. The molecule has 2 unspecified atom stereocenters. The second-order valence-electron chi connectivity index (χ2n) is 5.68. The molecule has 2 aromatic rings. The minimum absolute atomic E-state index is 0. The topological polar surface area (TPSA) is 59.2 Å². The van der Waals surface area contributed by atoms with Crippen molar-refractivity contribution >= 4 is 52.6 Å². The molecule has 23 heavy (non-hydrogen) atoms. The Kier molecular flexibility index (Phi) is 6.08. The molecule has 2 atom stereocenters. The second-order valence-corrected chi connectivity index (χ2v) is 8.40. The lowest BCUT2D eigenvalue weighted by atomic mass is 10.1. The molecule has 0 aliphatic carbocycles. The summed E-state index contributed by atoms with van der Waals surface area (Å²) in [6, 6.07) is 4.04. The van der Waals surface area contributed by atoms with Gasteiger partial charge in [0.1, 0.15) is 9.88 Å². The molecule has 126 valence electrons. The summed E-state index contributed by atoms with van der Waals surface area (Å²) in [6.45, 7) is 5.36. The lowest BCUT2D eigenvalue weighted by molar-refractivity contribution is 0.0747. The fourth-order valence-electron chi connectivity index (χ4n) is 2.86. The van der Waals surface area contributed by atoms with E-state index in [9.17, 15) is 4.79 Å². The van der Waals surface area contributed by atoms with Crippen molar-refractivity contribution in [3.63, 3.8) is 0 Å². The van der Waals surface area contributed by atoms with Crippen molar-refractivity contribution < 1.29 is 4.79 Å². The van der Waals surface area contributed by atoms with Crippen molar-refractivity contribution in [2.45, 2.75) is 26.3 Å². The highest BCUT2D eigenvalue weighted by Gasteiger charge is 2.33. The van der Waals surface area contributed by atoms with Gasteiger partial charge in [-0.2, -0.15) is 0 Å². The lowest BCUT2D eigenvalue weighted by Gasteiger charge is -2.20. The first kappa shape index (κ1) is 18.7. The lowest BCUT2D eigenvalue weighted by Crippen LogP contribution is -2.34. The zero-order chi connectivity index (χ0) is 15.9. The van der Waals surface area contributed by atoms with Crippen molar-refractivity contribution in [1.29, 1.82) is 0 Å². The van der Waals surface area contributed by atoms with Crippen LogP contribution in [0, 0.1) is 12.8 Å². The Morgan fingerprint density at radius 2 is 2.22 bits per heavy atom. The predicted molar refractivity (Wildman–Crippen MR) is 100 cm³/mol. The number of aromatic nitrogens is 1. The maximum Gasteiger partial charge on any atom is 0.266 e. The number of nitrogens with zero attached hydrogens (tertiary/aromatic N) is 2. The van der Waals surface area contributed by atoms with Crippen molar-refractivity contribution in [3.8, 4) is 9.88 Å². The van der Waals surface area contributed by atoms with Crippen LogP contribution in [0.3, 0.4) is 0 Å². The van der Waals surface area contributed by atoms with Gasteiger partial charge in [0.05, 0.1) is 14.9 Å². The molecule has 4 nitrogen and oxygen atoms in total. The first-order chi connectivity index (χ1) is 10.5. The van der Waals surface area contributed by atoms with Gasteiger partial charge in [-0.05, 0) is 44.9 Å². The Hall–Kier alpha value is -0.660. The van der Waals surface area contributed by atoms with Gasteiger partial charge in [-0.3, -0.25) is 4.79 Å². The largest absolute Gasteiger partial charge is 0.335 e. The molecule has 0 saturated carbocycles. The summed E-state index contributed by atoms with van der Waals surface area (Å²) < 4.78 is 0.731. The highest BCUT2D eigenvalue weighted by molar-refractivity contribution is 7.24. The van der Waals surface area contributed by atoms with Crippen LogP contribution in [0.1, 0.15) is 28.7 Å². The van der Waals surface area contributed by atoms with Gasteiger partial charge in [0, 0.05) is 12.6 Å². The average molecular weight is 392 g/mol. The Morgan fingerprint density at radius 1 is 1.48 bits per heavy atom. The maximum atomic E-state index is 12.8. The summed E-state index contributed by atoms with van der Waals surface area (Å²) in [5.74, 6) is 0.482. The number of thiazole rings is 1. The molecular formula is C15H19Cl2N3OS2. The zero-order valence-electron chi connectivity index (χ0n) is 12.9. The van der Waals surface area contributed by atoms with Crippen molar-refractivity contribution in [2.75, 3.05) is 13.1 Å². The molecule has 0 radical (unpaired) electrons. The van der Waals surface area contributed by atoms with Crippen LogP contribution in [0.4, 0.5) is 0 Å². The van der Waals surface area contributed by atoms with Crippen LogP contribution >= 0.6 is 46.7 Å². The molecule has 1 aliphatic heterocycles. The predicted octanol–water partition coefficient (Wildman–Crippen LogP) is 4.06. The van der Waals surface area contributed by atoms with Crippen LogP contribution in [0.25, 0.3) is 9.88 Å².